The molecule has 1 atom stereocenters. The van der Waals surface area contributed by atoms with Crippen molar-refractivity contribution >= 4 is 33.3 Å². The lowest BCUT2D eigenvalue weighted by Crippen LogP contribution is -2.35. The summed E-state index contributed by atoms with van der Waals surface area (Å²) in [7, 11) is 0. The molecule has 5 rings (SSSR count). The van der Waals surface area contributed by atoms with Crippen LogP contribution in [0.2, 0.25) is 0 Å². The monoisotopic (exact) mass is 428 g/mol. The summed E-state index contributed by atoms with van der Waals surface area (Å²) >= 11 is 1.63. The lowest BCUT2D eigenvalue weighted by atomic mass is 10.1. The van der Waals surface area contributed by atoms with Crippen LogP contribution in [0.25, 0.3) is 10.9 Å². The Morgan fingerprint density at radius 2 is 2.33 bits per heavy atom. The number of carbonyl (C=O) groups is 1. The second-order valence-corrected chi connectivity index (χ2v) is 9.12. The lowest BCUT2D eigenvalue weighted by molar-refractivity contribution is 0.0731. The first kappa shape index (κ1) is 19.5. The number of anilines is 1. The fourth-order valence-corrected chi connectivity index (χ4v) is 5.30. The van der Waals surface area contributed by atoms with E-state index in [1.165, 1.54) is 6.07 Å². The fourth-order valence-electron chi connectivity index (χ4n) is 4.27. The van der Waals surface area contributed by atoms with Crippen molar-refractivity contribution in [3.8, 4) is 0 Å². The van der Waals surface area contributed by atoms with E-state index >= 15 is 0 Å². The molecule has 1 amide bonds. The van der Waals surface area contributed by atoms with E-state index in [4.69, 9.17) is 9.72 Å². The molecule has 0 spiro atoms. The molecule has 0 saturated carbocycles. The van der Waals surface area contributed by atoms with Crippen LogP contribution in [-0.4, -0.2) is 47.1 Å². The molecule has 1 aromatic carbocycles. The zero-order valence-corrected chi connectivity index (χ0v) is 17.8. The van der Waals surface area contributed by atoms with Gasteiger partial charge >= 0.3 is 0 Å². The Kier molecular flexibility index (Phi) is 5.20. The van der Waals surface area contributed by atoms with Crippen LogP contribution in [0, 0.1) is 11.7 Å². The molecule has 6 nitrogen and oxygen atoms in total. The maximum atomic E-state index is 13.8. The molecule has 30 heavy (non-hydrogen) atoms. The SMILES string of the molecule is CCc1cc(F)cc2[nH]c(C(=O)N3CCc4nc(NCC5CCOC5)sc4C3)cc12. The minimum Gasteiger partial charge on any atom is -0.381 e. The minimum atomic E-state index is -0.281. The number of benzene rings is 1. The standard InChI is InChI=1S/C22H25FN4O2S/c1-2-14-7-15(23)8-18-16(14)9-19(25-18)21(28)27-5-3-17-20(11-27)30-22(26-17)24-10-13-4-6-29-12-13/h7-9,13,25H,2-6,10-12H2,1H3,(H,24,26). The highest BCUT2D eigenvalue weighted by Gasteiger charge is 2.26. The number of nitrogens with one attached hydrogen (secondary N) is 2. The highest BCUT2D eigenvalue weighted by Crippen LogP contribution is 2.30. The maximum absolute atomic E-state index is 13.8. The van der Waals surface area contributed by atoms with Crippen LogP contribution in [0.5, 0.6) is 0 Å². The minimum absolute atomic E-state index is 0.0506. The van der Waals surface area contributed by atoms with Gasteiger partial charge in [0, 0.05) is 47.8 Å². The van der Waals surface area contributed by atoms with E-state index in [1.807, 2.05) is 17.9 Å². The molecule has 2 aliphatic heterocycles. The van der Waals surface area contributed by atoms with Crippen LogP contribution in [0.1, 0.15) is 40.0 Å². The molecule has 1 unspecified atom stereocenters. The Balaban J connectivity index is 1.30. The number of aromatic amines is 1. The van der Waals surface area contributed by atoms with Crippen molar-refractivity contribution in [2.75, 3.05) is 31.6 Å². The number of hydrogen-bond donors (Lipinski definition) is 2. The van der Waals surface area contributed by atoms with Crippen molar-refractivity contribution in [1.29, 1.82) is 0 Å². The van der Waals surface area contributed by atoms with Gasteiger partial charge in [-0.25, -0.2) is 9.37 Å². The van der Waals surface area contributed by atoms with Crippen LogP contribution >= 0.6 is 11.3 Å². The third-order valence-corrected chi connectivity index (χ3v) is 7.02. The second kappa shape index (κ2) is 8.00. The Morgan fingerprint density at radius 1 is 1.43 bits per heavy atom. The van der Waals surface area contributed by atoms with Crippen LogP contribution in [0.3, 0.4) is 0 Å². The molecule has 0 bridgehead atoms. The third kappa shape index (κ3) is 3.70. The quantitative estimate of drug-likeness (QED) is 0.645. The number of rotatable bonds is 5. The smallest absolute Gasteiger partial charge is 0.270 e. The summed E-state index contributed by atoms with van der Waals surface area (Å²) in [5.74, 6) is 0.214. The number of aromatic nitrogens is 2. The molecule has 0 aliphatic carbocycles. The van der Waals surface area contributed by atoms with Gasteiger partial charge in [-0.15, -0.1) is 0 Å². The highest BCUT2D eigenvalue weighted by atomic mass is 32.1. The van der Waals surface area contributed by atoms with Crippen LogP contribution < -0.4 is 5.32 Å². The molecule has 2 N–H and O–H groups in total. The Morgan fingerprint density at radius 3 is 3.13 bits per heavy atom. The van der Waals surface area contributed by atoms with Crippen LogP contribution in [0.15, 0.2) is 18.2 Å². The molecule has 3 aromatic rings. The average Bonchev–Trinajstić information content (AvgIpc) is 3.49. The molecule has 2 aromatic heterocycles. The number of hydrogen-bond acceptors (Lipinski definition) is 5. The van der Waals surface area contributed by atoms with Gasteiger partial charge in [-0.05, 0) is 36.6 Å². The predicted octanol–water partition coefficient (Wildman–Crippen LogP) is 3.97. The van der Waals surface area contributed by atoms with Crippen molar-refractivity contribution in [3.05, 3.63) is 45.8 Å². The number of ether oxygens (including phenoxy) is 1. The summed E-state index contributed by atoms with van der Waals surface area (Å²) in [6.07, 6.45) is 2.56. The van der Waals surface area contributed by atoms with Crippen molar-refractivity contribution < 1.29 is 13.9 Å². The molecular formula is C22H25FN4O2S. The summed E-state index contributed by atoms with van der Waals surface area (Å²) < 4.78 is 19.3. The fraction of sp³-hybridized carbons (Fsp3) is 0.455. The predicted molar refractivity (Wildman–Crippen MR) is 116 cm³/mol. The highest BCUT2D eigenvalue weighted by molar-refractivity contribution is 7.15. The first-order valence-electron chi connectivity index (χ1n) is 10.5. The van der Waals surface area contributed by atoms with E-state index in [1.54, 1.807) is 17.4 Å². The van der Waals surface area contributed by atoms with Gasteiger partial charge in [-0.3, -0.25) is 4.79 Å². The average molecular weight is 429 g/mol. The second-order valence-electron chi connectivity index (χ2n) is 8.04. The number of nitrogens with zero attached hydrogens (tertiary/aromatic N) is 2. The summed E-state index contributed by atoms with van der Waals surface area (Å²) in [4.78, 5) is 24.0. The zero-order chi connectivity index (χ0) is 20.7. The van der Waals surface area contributed by atoms with Gasteiger partial charge < -0.3 is 19.9 Å². The van der Waals surface area contributed by atoms with E-state index in [0.717, 1.165) is 65.7 Å². The molecule has 1 saturated heterocycles. The number of amides is 1. The molecule has 1 fully saturated rings. The number of H-pyrrole nitrogens is 1. The molecular weight excluding hydrogens is 403 g/mol. The largest absolute Gasteiger partial charge is 0.381 e. The molecule has 0 radical (unpaired) electrons. The molecule has 4 heterocycles. The topological polar surface area (TPSA) is 70.2 Å². The first-order chi connectivity index (χ1) is 14.6. The molecule has 2 aliphatic rings. The van der Waals surface area contributed by atoms with Gasteiger partial charge in [-0.1, -0.05) is 18.3 Å². The number of fused-ring (bicyclic) bond motifs is 2. The summed E-state index contributed by atoms with van der Waals surface area (Å²) in [6, 6.07) is 4.85. The normalized spacial score (nSPS) is 18.7. The summed E-state index contributed by atoms with van der Waals surface area (Å²) in [5, 5.41) is 5.28. The van der Waals surface area contributed by atoms with Crippen molar-refractivity contribution in [2.45, 2.75) is 32.7 Å². The summed E-state index contributed by atoms with van der Waals surface area (Å²) in [6.45, 7) is 5.72. The van der Waals surface area contributed by atoms with E-state index in [0.29, 0.717) is 30.2 Å². The van der Waals surface area contributed by atoms with Gasteiger partial charge in [0.2, 0.25) is 0 Å². The molecule has 158 valence electrons. The Bertz CT molecular complexity index is 1090. The van der Waals surface area contributed by atoms with Crippen molar-refractivity contribution in [1.82, 2.24) is 14.9 Å². The Hall–Kier alpha value is -2.45. The first-order valence-corrected chi connectivity index (χ1v) is 11.3. The zero-order valence-electron chi connectivity index (χ0n) is 17.0. The van der Waals surface area contributed by atoms with Gasteiger partial charge in [-0.2, -0.15) is 0 Å². The van der Waals surface area contributed by atoms with Crippen molar-refractivity contribution in [2.24, 2.45) is 5.92 Å². The van der Waals surface area contributed by atoms with Gasteiger partial charge in [0.05, 0.1) is 18.8 Å². The summed E-state index contributed by atoms with van der Waals surface area (Å²) in [5.41, 5.74) is 3.18. The lowest BCUT2D eigenvalue weighted by Gasteiger charge is -2.25. The van der Waals surface area contributed by atoms with Crippen LogP contribution in [-0.2, 0) is 24.1 Å². The van der Waals surface area contributed by atoms with Crippen molar-refractivity contribution in [3.63, 3.8) is 0 Å². The van der Waals surface area contributed by atoms with Gasteiger partial charge in [0.15, 0.2) is 5.13 Å². The van der Waals surface area contributed by atoms with Crippen LogP contribution in [0.4, 0.5) is 9.52 Å². The number of halogens is 1. The third-order valence-electron chi connectivity index (χ3n) is 5.98. The van der Waals surface area contributed by atoms with E-state index in [2.05, 4.69) is 10.3 Å². The number of carbonyl (C=O) groups excluding carboxylic acids is 1. The number of aryl methyl sites for hydroxylation is 1. The van der Waals surface area contributed by atoms with Gasteiger partial charge in [0.1, 0.15) is 11.5 Å². The van der Waals surface area contributed by atoms with E-state index in [9.17, 15) is 9.18 Å². The number of thiazole rings is 1. The van der Waals surface area contributed by atoms with E-state index in [-0.39, 0.29) is 11.7 Å². The van der Waals surface area contributed by atoms with E-state index < -0.39 is 0 Å². The van der Waals surface area contributed by atoms with Gasteiger partial charge in [0.25, 0.3) is 5.91 Å². The Labute approximate surface area is 178 Å². The molecule has 8 heteroatoms. The maximum Gasteiger partial charge on any atom is 0.270 e.